The predicted molar refractivity (Wildman–Crippen MR) is 69.6 cm³/mol. The summed E-state index contributed by atoms with van der Waals surface area (Å²) in [7, 11) is 0. The number of fused-ring (bicyclic) bond motifs is 1. The molecule has 108 valence electrons. The third kappa shape index (κ3) is 1.70. The summed E-state index contributed by atoms with van der Waals surface area (Å²) < 4.78 is 7.12. The van der Waals surface area contributed by atoms with Gasteiger partial charge in [0, 0.05) is 6.20 Å². The lowest BCUT2D eigenvalue weighted by molar-refractivity contribution is -0.0948. The SMILES string of the molecule is C[C@@]1(O)[C@@H](n2ccc3c(N)ncnc32)O[C@@H](CO)[C@@H]1O. The Hall–Kier alpha value is -1.74. The summed E-state index contributed by atoms with van der Waals surface area (Å²) in [5, 5.41) is 30.3. The Morgan fingerprint density at radius 1 is 1.50 bits per heavy atom. The van der Waals surface area contributed by atoms with Crippen LogP contribution >= 0.6 is 0 Å². The first kappa shape index (κ1) is 13.3. The molecule has 8 nitrogen and oxygen atoms in total. The molecule has 20 heavy (non-hydrogen) atoms. The minimum atomic E-state index is -1.56. The second-order valence-corrected chi connectivity index (χ2v) is 5.10. The van der Waals surface area contributed by atoms with Gasteiger partial charge in [0.05, 0.1) is 12.0 Å². The predicted octanol–water partition coefficient (Wildman–Crippen LogP) is -0.985. The number of anilines is 1. The lowest BCUT2D eigenvalue weighted by atomic mass is 9.96. The van der Waals surface area contributed by atoms with E-state index in [0.717, 1.165) is 0 Å². The van der Waals surface area contributed by atoms with Crippen molar-refractivity contribution in [2.75, 3.05) is 12.3 Å². The summed E-state index contributed by atoms with van der Waals surface area (Å²) >= 11 is 0. The summed E-state index contributed by atoms with van der Waals surface area (Å²) in [5.41, 5.74) is 4.70. The molecular formula is C12H16N4O4. The van der Waals surface area contributed by atoms with Gasteiger partial charge in [0.1, 0.15) is 35.6 Å². The summed E-state index contributed by atoms with van der Waals surface area (Å²) in [5.74, 6) is 0.325. The molecule has 1 aliphatic heterocycles. The van der Waals surface area contributed by atoms with Crippen molar-refractivity contribution in [2.24, 2.45) is 0 Å². The number of hydrogen-bond donors (Lipinski definition) is 4. The van der Waals surface area contributed by atoms with Crippen LogP contribution < -0.4 is 5.73 Å². The minimum Gasteiger partial charge on any atom is -0.394 e. The van der Waals surface area contributed by atoms with E-state index in [-0.39, 0.29) is 6.61 Å². The van der Waals surface area contributed by atoms with Crippen LogP contribution in [0.1, 0.15) is 13.2 Å². The third-order valence-corrected chi connectivity index (χ3v) is 3.73. The molecular weight excluding hydrogens is 264 g/mol. The average molecular weight is 280 g/mol. The molecule has 0 amide bonds. The first-order valence-electron chi connectivity index (χ1n) is 6.20. The topological polar surface area (TPSA) is 127 Å². The second-order valence-electron chi connectivity index (χ2n) is 5.10. The normalized spacial score (nSPS) is 33.9. The van der Waals surface area contributed by atoms with Gasteiger partial charge in [0.2, 0.25) is 0 Å². The van der Waals surface area contributed by atoms with Crippen LogP contribution in [0.5, 0.6) is 0 Å². The van der Waals surface area contributed by atoms with Gasteiger partial charge in [-0.3, -0.25) is 0 Å². The summed E-state index contributed by atoms with van der Waals surface area (Å²) in [6, 6.07) is 1.71. The van der Waals surface area contributed by atoms with Crippen LogP contribution in [-0.2, 0) is 4.74 Å². The maximum Gasteiger partial charge on any atom is 0.167 e. The number of rotatable bonds is 2. The number of nitrogens with zero attached hydrogens (tertiary/aromatic N) is 3. The number of aromatic nitrogens is 3. The molecule has 4 atom stereocenters. The lowest BCUT2D eigenvalue weighted by Gasteiger charge is -2.27. The molecule has 3 heterocycles. The van der Waals surface area contributed by atoms with Crippen LogP contribution in [0.4, 0.5) is 5.82 Å². The maximum atomic E-state index is 10.4. The van der Waals surface area contributed by atoms with Crippen molar-refractivity contribution in [3.8, 4) is 0 Å². The Kier molecular flexibility index (Phi) is 2.91. The molecule has 0 radical (unpaired) electrons. The van der Waals surface area contributed by atoms with Crippen LogP contribution in [0.3, 0.4) is 0 Å². The number of aliphatic hydroxyl groups is 3. The smallest absolute Gasteiger partial charge is 0.167 e. The Bertz CT molecular complexity index is 641. The fourth-order valence-corrected chi connectivity index (χ4v) is 2.57. The van der Waals surface area contributed by atoms with E-state index in [1.54, 1.807) is 16.8 Å². The van der Waals surface area contributed by atoms with Gasteiger partial charge >= 0.3 is 0 Å². The highest BCUT2D eigenvalue weighted by atomic mass is 16.6. The van der Waals surface area contributed by atoms with E-state index in [0.29, 0.717) is 16.9 Å². The molecule has 0 aromatic carbocycles. The zero-order valence-corrected chi connectivity index (χ0v) is 10.8. The Morgan fingerprint density at radius 2 is 2.25 bits per heavy atom. The first-order chi connectivity index (χ1) is 9.46. The molecule has 0 aliphatic carbocycles. The van der Waals surface area contributed by atoms with Gasteiger partial charge in [-0.1, -0.05) is 0 Å². The van der Waals surface area contributed by atoms with E-state index in [1.807, 2.05) is 0 Å². The first-order valence-corrected chi connectivity index (χ1v) is 6.20. The highest BCUT2D eigenvalue weighted by Crippen LogP contribution is 2.39. The number of ether oxygens (including phenoxy) is 1. The van der Waals surface area contributed by atoms with E-state index >= 15 is 0 Å². The average Bonchev–Trinajstić information content (AvgIpc) is 2.92. The number of aliphatic hydroxyl groups excluding tert-OH is 2. The fourth-order valence-electron chi connectivity index (χ4n) is 2.57. The monoisotopic (exact) mass is 280 g/mol. The standard InChI is InChI=1S/C12H16N4O4/c1-12(19)8(18)7(4-17)20-11(12)16-3-2-6-9(13)14-5-15-10(6)16/h2-3,5,7-8,11,17-19H,4H2,1H3,(H2,13,14,15)/t7-,8-,11-,12-/m0/s1. The van der Waals surface area contributed by atoms with Gasteiger partial charge in [0.15, 0.2) is 6.23 Å². The summed E-state index contributed by atoms with van der Waals surface area (Å²) in [6.07, 6.45) is 0.0428. The molecule has 2 aromatic rings. The van der Waals surface area contributed by atoms with Crippen molar-refractivity contribution < 1.29 is 20.1 Å². The molecule has 1 saturated heterocycles. The second kappa shape index (κ2) is 4.38. The lowest BCUT2D eigenvalue weighted by Crippen LogP contribution is -2.44. The van der Waals surface area contributed by atoms with Crippen molar-refractivity contribution in [2.45, 2.75) is 31.0 Å². The van der Waals surface area contributed by atoms with Crippen LogP contribution in [0.15, 0.2) is 18.6 Å². The molecule has 3 rings (SSSR count). The highest BCUT2D eigenvalue weighted by Gasteiger charge is 2.53. The Balaban J connectivity index is 2.10. The van der Waals surface area contributed by atoms with Gasteiger partial charge in [-0.15, -0.1) is 0 Å². The van der Waals surface area contributed by atoms with Gasteiger partial charge < -0.3 is 30.4 Å². The van der Waals surface area contributed by atoms with E-state index in [9.17, 15) is 15.3 Å². The van der Waals surface area contributed by atoms with Crippen LogP contribution in [-0.4, -0.2) is 54.3 Å². The molecule has 0 spiro atoms. The number of hydrogen-bond acceptors (Lipinski definition) is 7. The number of nitrogen functional groups attached to an aromatic ring is 1. The Morgan fingerprint density at radius 3 is 2.90 bits per heavy atom. The zero-order valence-electron chi connectivity index (χ0n) is 10.8. The molecule has 1 fully saturated rings. The van der Waals surface area contributed by atoms with Gasteiger partial charge in [-0.25, -0.2) is 9.97 Å². The van der Waals surface area contributed by atoms with Gasteiger partial charge in [0.25, 0.3) is 0 Å². The third-order valence-electron chi connectivity index (χ3n) is 3.73. The summed E-state index contributed by atoms with van der Waals surface area (Å²) in [6.45, 7) is 1.07. The Labute approximate surface area is 114 Å². The zero-order chi connectivity index (χ0) is 14.5. The largest absolute Gasteiger partial charge is 0.394 e. The number of nitrogens with two attached hydrogens (primary N) is 1. The van der Waals surface area contributed by atoms with E-state index in [1.165, 1.54) is 13.3 Å². The molecule has 0 unspecified atom stereocenters. The van der Waals surface area contributed by atoms with E-state index in [4.69, 9.17) is 10.5 Å². The van der Waals surface area contributed by atoms with Crippen LogP contribution in [0, 0.1) is 0 Å². The van der Waals surface area contributed by atoms with Crippen molar-refractivity contribution in [1.29, 1.82) is 0 Å². The minimum absolute atomic E-state index is 0.325. The van der Waals surface area contributed by atoms with Crippen molar-refractivity contribution in [1.82, 2.24) is 14.5 Å². The van der Waals surface area contributed by atoms with Crippen LogP contribution in [0.2, 0.25) is 0 Å². The molecule has 0 bridgehead atoms. The fraction of sp³-hybridized carbons (Fsp3) is 0.500. The van der Waals surface area contributed by atoms with Crippen molar-refractivity contribution in [3.05, 3.63) is 18.6 Å². The molecule has 0 saturated carbocycles. The molecule has 8 heteroatoms. The molecule has 5 N–H and O–H groups in total. The molecule has 1 aliphatic rings. The van der Waals surface area contributed by atoms with Gasteiger partial charge in [-0.2, -0.15) is 0 Å². The summed E-state index contributed by atoms with van der Waals surface area (Å²) in [4.78, 5) is 8.01. The maximum absolute atomic E-state index is 10.4. The highest BCUT2D eigenvalue weighted by molar-refractivity contribution is 5.86. The van der Waals surface area contributed by atoms with E-state index < -0.39 is 24.0 Å². The van der Waals surface area contributed by atoms with Crippen LogP contribution in [0.25, 0.3) is 11.0 Å². The van der Waals surface area contributed by atoms with Gasteiger partial charge in [-0.05, 0) is 13.0 Å². The van der Waals surface area contributed by atoms with E-state index in [2.05, 4.69) is 9.97 Å². The molecule has 2 aromatic heterocycles. The van der Waals surface area contributed by atoms with Crippen molar-refractivity contribution >= 4 is 16.9 Å². The van der Waals surface area contributed by atoms with Crippen molar-refractivity contribution in [3.63, 3.8) is 0 Å². The quantitative estimate of drug-likeness (QED) is 0.556.